The molecular weight excluding hydrogens is 499 g/mol. The number of anilines is 2. The van der Waals surface area contributed by atoms with Crippen LogP contribution in [0.15, 0.2) is 65.1 Å². The quantitative estimate of drug-likeness (QED) is 0.371. The molecule has 162 valence electrons. The predicted molar refractivity (Wildman–Crippen MR) is 132 cm³/mol. The van der Waals surface area contributed by atoms with Gasteiger partial charge in [0.1, 0.15) is 12.4 Å². The lowest BCUT2D eigenvalue weighted by atomic mass is 10.2. The maximum absolute atomic E-state index is 6.57. The Morgan fingerprint density at radius 2 is 1.84 bits per heavy atom. The Bertz CT molecular complexity index is 1040. The summed E-state index contributed by atoms with van der Waals surface area (Å²) in [5, 5.41) is 4.90. The highest BCUT2D eigenvalue weighted by molar-refractivity contribution is 9.10. The first-order valence-corrected chi connectivity index (χ1v) is 11.7. The molecule has 0 spiro atoms. The zero-order valence-corrected chi connectivity index (χ0v) is 20.0. The third-order valence-electron chi connectivity index (χ3n) is 5.09. The van der Waals surface area contributed by atoms with Crippen LogP contribution in [0.2, 0.25) is 10.0 Å². The summed E-state index contributed by atoms with van der Waals surface area (Å²) in [5.41, 5.74) is 4.08. The molecule has 1 saturated heterocycles. The van der Waals surface area contributed by atoms with Gasteiger partial charge in [0.2, 0.25) is 0 Å². The third kappa shape index (κ3) is 6.07. The van der Waals surface area contributed by atoms with Crippen LogP contribution in [-0.2, 0) is 17.9 Å². The molecule has 7 heteroatoms. The minimum absolute atomic E-state index is 0.454. The molecule has 4 rings (SSSR count). The van der Waals surface area contributed by atoms with E-state index in [2.05, 4.69) is 44.3 Å². The molecule has 0 amide bonds. The fraction of sp³-hybridized carbons (Fsp3) is 0.250. The van der Waals surface area contributed by atoms with E-state index in [-0.39, 0.29) is 0 Å². The summed E-state index contributed by atoms with van der Waals surface area (Å²) in [5.74, 6) is 0.826. The van der Waals surface area contributed by atoms with Crippen molar-refractivity contribution in [2.75, 3.05) is 36.5 Å². The molecule has 0 bridgehead atoms. The monoisotopic (exact) mass is 520 g/mol. The lowest BCUT2D eigenvalue weighted by Crippen LogP contribution is -2.36. The number of hydrogen-bond acceptors (Lipinski definition) is 4. The number of hydrogen-bond donors (Lipinski definition) is 1. The van der Waals surface area contributed by atoms with Gasteiger partial charge in [0.25, 0.3) is 0 Å². The first-order valence-electron chi connectivity index (χ1n) is 10.1. The predicted octanol–water partition coefficient (Wildman–Crippen LogP) is 6.78. The molecular formula is C24H23BrCl2N2O2. The van der Waals surface area contributed by atoms with Gasteiger partial charge >= 0.3 is 0 Å². The summed E-state index contributed by atoms with van der Waals surface area (Å²) in [6.45, 7) is 4.25. The highest BCUT2D eigenvalue weighted by atomic mass is 79.9. The Balaban J connectivity index is 1.43. The number of benzene rings is 3. The standard InChI is InChI=1S/C24H23BrCl2N2O2/c25-19-4-7-24(31-16-17-2-1-3-20(26)12-17)18(13-19)15-28-21-5-6-23(22(27)14-21)29-8-10-30-11-9-29/h1-7,12-14,28H,8-11,15-16H2. The van der Waals surface area contributed by atoms with Crippen LogP contribution in [0, 0.1) is 0 Å². The largest absolute Gasteiger partial charge is 0.489 e. The number of halogens is 3. The van der Waals surface area contributed by atoms with E-state index in [0.29, 0.717) is 18.2 Å². The fourth-order valence-corrected chi connectivity index (χ4v) is 4.41. The lowest BCUT2D eigenvalue weighted by Gasteiger charge is -2.29. The van der Waals surface area contributed by atoms with E-state index in [0.717, 1.165) is 64.0 Å². The highest BCUT2D eigenvalue weighted by Crippen LogP contribution is 2.31. The number of nitrogens with zero attached hydrogens (tertiary/aromatic N) is 1. The molecule has 1 N–H and O–H groups in total. The van der Waals surface area contributed by atoms with Crippen molar-refractivity contribution in [3.8, 4) is 5.75 Å². The molecule has 1 aliphatic rings. The van der Waals surface area contributed by atoms with Crippen LogP contribution in [0.25, 0.3) is 0 Å². The summed E-state index contributed by atoms with van der Waals surface area (Å²) in [6, 6.07) is 19.8. The number of morpholine rings is 1. The van der Waals surface area contributed by atoms with Gasteiger partial charge in [0, 0.05) is 40.4 Å². The van der Waals surface area contributed by atoms with E-state index in [1.54, 1.807) is 0 Å². The van der Waals surface area contributed by atoms with Gasteiger partial charge in [0.05, 0.1) is 23.9 Å². The van der Waals surface area contributed by atoms with Crippen LogP contribution in [0.1, 0.15) is 11.1 Å². The van der Waals surface area contributed by atoms with Crippen molar-refractivity contribution in [3.63, 3.8) is 0 Å². The van der Waals surface area contributed by atoms with Gasteiger partial charge in [-0.3, -0.25) is 0 Å². The van der Waals surface area contributed by atoms with Gasteiger partial charge in [0.15, 0.2) is 0 Å². The Labute approximate surface area is 201 Å². The number of rotatable bonds is 7. The summed E-state index contributed by atoms with van der Waals surface area (Å²) >= 11 is 16.2. The van der Waals surface area contributed by atoms with E-state index in [9.17, 15) is 0 Å². The fourth-order valence-electron chi connectivity index (χ4n) is 3.49. The summed E-state index contributed by atoms with van der Waals surface area (Å²) in [6.07, 6.45) is 0. The Morgan fingerprint density at radius 1 is 1.00 bits per heavy atom. The van der Waals surface area contributed by atoms with E-state index in [1.165, 1.54) is 0 Å². The first kappa shape index (κ1) is 22.3. The second-order valence-corrected chi connectivity index (χ2v) is 9.05. The van der Waals surface area contributed by atoms with Crippen LogP contribution in [0.3, 0.4) is 0 Å². The lowest BCUT2D eigenvalue weighted by molar-refractivity contribution is 0.122. The zero-order chi connectivity index (χ0) is 21.6. The van der Waals surface area contributed by atoms with Gasteiger partial charge in [-0.05, 0) is 54.1 Å². The molecule has 0 aliphatic carbocycles. The van der Waals surface area contributed by atoms with Gasteiger partial charge in [-0.1, -0.05) is 51.3 Å². The number of nitrogens with one attached hydrogen (secondary N) is 1. The molecule has 0 atom stereocenters. The highest BCUT2D eigenvalue weighted by Gasteiger charge is 2.14. The van der Waals surface area contributed by atoms with Crippen LogP contribution >= 0.6 is 39.1 Å². The maximum atomic E-state index is 6.57. The number of ether oxygens (including phenoxy) is 2. The second-order valence-electron chi connectivity index (χ2n) is 7.29. The molecule has 31 heavy (non-hydrogen) atoms. The van der Waals surface area contributed by atoms with E-state index in [1.807, 2.05) is 42.5 Å². The van der Waals surface area contributed by atoms with Crippen molar-refractivity contribution in [1.82, 2.24) is 0 Å². The molecule has 1 fully saturated rings. The molecule has 3 aromatic rings. The molecule has 0 saturated carbocycles. The third-order valence-corrected chi connectivity index (χ3v) is 6.12. The second kappa shape index (κ2) is 10.6. The molecule has 1 aliphatic heterocycles. The summed E-state index contributed by atoms with van der Waals surface area (Å²) < 4.78 is 12.5. The van der Waals surface area contributed by atoms with Gasteiger partial charge in [-0.2, -0.15) is 0 Å². The van der Waals surface area contributed by atoms with Crippen molar-refractivity contribution in [2.45, 2.75) is 13.2 Å². The molecule has 0 aromatic heterocycles. The minimum atomic E-state index is 0.454. The van der Waals surface area contributed by atoms with E-state index >= 15 is 0 Å². The van der Waals surface area contributed by atoms with Crippen molar-refractivity contribution in [2.24, 2.45) is 0 Å². The molecule has 4 nitrogen and oxygen atoms in total. The molecule has 0 unspecified atom stereocenters. The van der Waals surface area contributed by atoms with E-state index < -0.39 is 0 Å². The minimum Gasteiger partial charge on any atom is -0.489 e. The van der Waals surface area contributed by atoms with Gasteiger partial charge < -0.3 is 19.7 Å². The summed E-state index contributed by atoms with van der Waals surface area (Å²) in [4.78, 5) is 2.26. The Hall–Kier alpha value is -1.92. The normalized spacial score (nSPS) is 13.8. The van der Waals surface area contributed by atoms with Crippen molar-refractivity contribution < 1.29 is 9.47 Å². The van der Waals surface area contributed by atoms with Crippen molar-refractivity contribution >= 4 is 50.5 Å². The molecule has 3 aromatic carbocycles. The van der Waals surface area contributed by atoms with Gasteiger partial charge in [-0.15, -0.1) is 0 Å². The Kier molecular flexibility index (Phi) is 7.62. The molecule has 0 radical (unpaired) electrons. The van der Waals surface area contributed by atoms with Crippen molar-refractivity contribution in [1.29, 1.82) is 0 Å². The summed E-state index contributed by atoms with van der Waals surface area (Å²) in [7, 11) is 0. The van der Waals surface area contributed by atoms with Crippen LogP contribution in [0.4, 0.5) is 11.4 Å². The average molecular weight is 522 g/mol. The van der Waals surface area contributed by atoms with E-state index in [4.69, 9.17) is 32.7 Å². The topological polar surface area (TPSA) is 33.7 Å². The molecule has 1 heterocycles. The zero-order valence-electron chi connectivity index (χ0n) is 16.9. The first-order chi connectivity index (χ1) is 15.1. The average Bonchev–Trinajstić information content (AvgIpc) is 2.78. The smallest absolute Gasteiger partial charge is 0.124 e. The van der Waals surface area contributed by atoms with Crippen molar-refractivity contribution in [3.05, 3.63) is 86.3 Å². The maximum Gasteiger partial charge on any atom is 0.124 e. The van der Waals surface area contributed by atoms with Crippen LogP contribution in [0.5, 0.6) is 5.75 Å². The SMILES string of the molecule is Clc1cccc(COc2ccc(Br)cc2CNc2ccc(N3CCOCC3)c(Cl)c2)c1. The van der Waals surface area contributed by atoms with Gasteiger partial charge in [-0.25, -0.2) is 0 Å². The Morgan fingerprint density at radius 3 is 2.61 bits per heavy atom. The van der Waals surface area contributed by atoms with Crippen LogP contribution < -0.4 is 15.0 Å². The van der Waals surface area contributed by atoms with Crippen LogP contribution in [-0.4, -0.2) is 26.3 Å².